The summed E-state index contributed by atoms with van der Waals surface area (Å²) in [5.74, 6) is 1.35. The molecule has 6 nitrogen and oxygen atoms in total. The molecule has 0 spiro atoms. The fourth-order valence-electron chi connectivity index (χ4n) is 1.85. The number of rotatable bonds is 9. The van der Waals surface area contributed by atoms with Crippen molar-refractivity contribution >= 4 is 7.60 Å². The molecule has 0 unspecified atom stereocenters. The smallest absolute Gasteiger partial charge is 0.353 e. The highest BCUT2D eigenvalue weighted by Crippen LogP contribution is 2.49. The van der Waals surface area contributed by atoms with E-state index in [0.717, 1.165) is 19.3 Å². The summed E-state index contributed by atoms with van der Waals surface area (Å²) in [7, 11) is -3.25. The number of hydrogen-bond donors (Lipinski definition) is 1. The lowest BCUT2D eigenvalue weighted by Gasteiger charge is -2.25. The maximum Gasteiger partial charge on any atom is 0.353 e. The van der Waals surface area contributed by atoms with Crippen molar-refractivity contribution in [2.75, 3.05) is 26.4 Å². The van der Waals surface area contributed by atoms with Gasteiger partial charge >= 0.3 is 7.60 Å². The van der Waals surface area contributed by atoms with Crippen molar-refractivity contribution in [2.45, 2.75) is 45.5 Å². The molecule has 7 heteroatoms. The van der Waals surface area contributed by atoms with Crippen LogP contribution in [0.3, 0.4) is 0 Å². The third kappa shape index (κ3) is 6.48. The van der Waals surface area contributed by atoms with E-state index in [2.05, 4.69) is 0 Å². The van der Waals surface area contributed by atoms with Crippen LogP contribution in [0, 0.1) is 0 Å². The zero-order valence-corrected chi connectivity index (χ0v) is 13.1. The maximum atomic E-state index is 12.2. The first-order valence-corrected chi connectivity index (χ1v) is 8.70. The van der Waals surface area contributed by atoms with E-state index in [1.54, 1.807) is 13.8 Å². The molecule has 0 aromatic heterocycles. The van der Waals surface area contributed by atoms with Gasteiger partial charge < -0.3 is 23.6 Å². The van der Waals surface area contributed by atoms with Gasteiger partial charge in [0.2, 0.25) is 0 Å². The molecule has 0 aliphatic carbocycles. The van der Waals surface area contributed by atoms with Crippen molar-refractivity contribution in [3.63, 3.8) is 0 Å². The molecule has 20 heavy (non-hydrogen) atoms. The van der Waals surface area contributed by atoms with E-state index in [1.165, 1.54) is 11.9 Å². The third-order valence-corrected chi connectivity index (χ3v) is 4.52. The number of aliphatic hydroxyl groups is 1. The lowest BCUT2D eigenvalue weighted by atomic mass is 10.2. The fraction of sp³-hybridized carbons (Fsp3) is 0.846. The third-order valence-electron chi connectivity index (χ3n) is 2.75. The first kappa shape index (κ1) is 17.8. The van der Waals surface area contributed by atoms with Crippen LogP contribution in [0.2, 0.25) is 0 Å². The van der Waals surface area contributed by atoms with Crippen LogP contribution >= 0.6 is 7.60 Å². The molecule has 1 N–H and O–H groups in total. The van der Waals surface area contributed by atoms with Crippen LogP contribution in [0.15, 0.2) is 11.9 Å². The summed E-state index contributed by atoms with van der Waals surface area (Å²) in [6.45, 7) is 4.53. The maximum absolute atomic E-state index is 12.2. The van der Waals surface area contributed by atoms with Gasteiger partial charge in [-0.1, -0.05) is 0 Å². The average molecular weight is 308 g/mol. The monoisotopic (exact) mass is 308 g/mol. The molecular formula is C13H25O6P. The summed E-state index contributed by atoms with van der Waals surface area (Å²) < 4.78 is 33.5. The number of aliphatic hydroxyl groups excluding tert-OH is 1. The van der Waals surface area contributed by atoms with Crippen LogP contribution in [0.25, 0.3) is 0 Å². The summed E-state index contributed by atoms with van der Waals surface area (Å²) in [5, 5.41) is 9.31. The van der Waals surface area contributed by atoms with Crippen molar-refractivity contribution in [1.29, 1.82) is 0 Å². The van der Waals surface area contributed by atoms with Gasteiger partial charge in [-0.3, -0.25) is 4.57 Å². The molecule has 0 radical (unpaired) electrons. The Morgan fingerprint density at radius 3 is 2.55 bits per heavy atom. The molecule has 2 atom stereocenters. The van der Waals surface area contributed by atoms with E-state index in [1.807, 2.05) is 0 Å². The van der Waals surface area contributed by atoms with Crippen LogP contribution in [0.5, 0.6) is 0 Å². The lowest BCUT2D eigenvalue weighted by molar-refractivity contribution is -0.184. The van der Waals surface area contributed by atoms with E-state index >= 15 is 0 Å². The minimum Gasteiger partial charge on any atom is -0.393 e. The van der Waals surface area contributed by atoms with Crippen molar-refractivity contribution in [3.8, 4) is 0 Å². The molecule has 1 rings (SSSR count). The fourth-order valence-corrected chi connectivity index (χ4v) is 3.22. The minimum atomic E-state index is -3.25. The molecule has 1 fully saturated rings. The molecule has 118 valence electrons. The summed E-state index contributed by atoms with van der Waals surface area (Å²) in [6.07, 6.45) is 3.51. The van der Waals surface area contributed by atoms with Crippen LogP contribution in [-0.4, -0.2) is 43.9 Å². The number of ether oxygens (including phenoxy) is 2. The Labute approximate surface area is 120 Å². The van der Waals surface area contributed by atoms with E-state index in [-0.39, 0.29) is 26.1 Å². The van der Waals surface area contributed by atoms with Crippen LogP contribution in [0.4, 0.5) is 0 Å². The molecule has 1 saturated heterocycles. The second-order valence-corrected chi connectivity index (χ2v) is 6.26. The SMILES string of the molecule is CCOP(=O)(C=C[C@@H](CO)O[C@@H]1CCCCO1)OCC. The molecule has 0 aromatic carbocycles. The first-order chi connectivity index (χ1) is 9.63. The molecule has 1 heterocycles. The predicted molar refractivity (Wildman–Crippen MR) is 75.5 cm³/mol. The summed E-state index contributed by atoms with van der Waals surface area (Å²) >= 11 is 0. The molecule has 1 aliphatic rings. The van der Waals surface area contributed by atoms with Gasteiger partial charge in [-0.25, -0.2) is 0 Å². The molecule has 0 saturated carbocycles. The van der Waals surface area contributed by atoms with Gasteiger partial charge in [0.05, 0.1) is 19.8 Å². The molecule has 1 aliphatic heterocycles. The van der Waals surface area contributed by atoms with Gasteiger partial charge in [-0.2, -0.15) is 0 Å². The van der Waals surface area contributed by atoms with Crippen molar-refractivity contribution in [3.05, 3.63) is 11.9 Å². The molecule has 0 amide bonds. The van der Waals surface area contributed by atoms with Crippen LogP contribution in [-0.2, 0) is 23.1 Å². The van der Waals surface area contributed by atoms with Gasteiger partial charge in [0.15, 0.2) is 6.29 Å². The van der Waals surface area contributed by atoms with Gasteiger partial charge in [0, 0.05) is 12.4 Å². The van der Waals surface area contributed by atoms with E-state index in [0.29, 0.717) is 6.61 Å². The van der Waals surface area contributed by atoms with Gasteiger partial charge in [0.25, 0.3) is 0 Å². The van der Waals surface area contributed by atoms with E-state index in [4.69, 9.17) is 18.5 Å². The minimum absolute atomic E-state index is 0.214. The Bertz CT molecular complexity index is 317. The molecule has 0 aromatic rings. The van der Waals surface area contributed by atoms with Crippen LogP contribution in [0.1, 0.15) is 33.1 Å². The molecular weight excluding hydrogens is 283 g/mol. The Balaban J connectivity index is 2.55. The molecule has 0 bridgehead atoms. The highest BCUT2D eigenvalue weighted by Gasteiger charge is 2.22. The standard InChI is InChI=1S/C13H25O6P/c1-3-17-20(15,18-4-2)10-8-12(11-14)19-13-7-5-6-9-16-13/h8,10,12-14H,3-7,9,11H2,1-2H3/t12-,13+/m0/s1. The largest absolute Gasteiger partial charge is 0.393 e. The Morgan fingerprint density at radius 1 is 1.35 bits per heavy atom. The summed E-state index contributed by atoms with van der Waals surface area (Å²) in [6, 6.07) is 0. The topological polar surface area (TPSA) is 74.2 Å². The normalized spacial score (nSPS) is 22.2. The van der Waals surface area contributed by atoms with Crippen molar-refractivity contribution < 1.29 is 28.2 Å². The highest BCUT2D eigenvalue weighted by atomic mass is 31.2. The highest BCUT2D eigenvalue weighted by molar-refractivity contribution is 7.57. The second-order valence-electron chi connectivity index (χ2n) is 4.37. The zero-order valence-electron chi connectivity index (χ0n) is 12.2. The number of hydrogen-bond acceptors (Lipinski definition) is 6. The Hall–Kier alpha value is -0.230. The van der Waals surface area contributed by atoms with Gasteiger partial charge in [-0.05, 0) is 39.2 Å². The first-order valence-electron chi connectivity index (χ1n) is 7.09. The van der Waals surface area contributed by atoms with Gasteiger partial charge in [-0.15, -0.1) is 0 Å². The average Bonchev–Trinajstić information content (AvgIpc) is 2.45. The Kier molecular flexibility index (Phi) is 8.61. The van der Waals surface area contributed by atoms with E-state index < -0.39 is 13.7 Å². The van der Waals surface area contributed by atoms with E-state index in [9.17, 15) is 9.67 Å². The van der Waals surface area contributed by atoms with Crippen molar-refractivity contribution in [1.82, 2.24) is 0 Å². The second kappa shape index (κ2) is 9.66. The summed E-state index contributed by atoms with van der Waals surface area (Å²) in [4.78, 5) is 0. The van der Waals surface area contributed by atoms with Crippen molar-refractivity contribution in [2.24, 2.45) is 0 Å². The Morgan fingerprint density at radius 2 is 2.05 bits per heavy atom. The quantitative estimate of drug-likeness (QED) is 0.660. The van der Waals surface area contributed by atoms with Crippen LogP contribution < -0.4 is 0 Å². The predicted octanol–water partition coefficient (Wildman–Crippen LogP) is 2.67. The van der Waals surface area contributed by atoms with Gasteiger partial charge in [0.1, 0.15) is 6.10 Å². The summed E-state index contributed by atoms with van der Waals surface area (Å²) in [5.41, 5.74) is 0. The lowest BCUT2D eigenvalue weighted by Crippen LogP contribution is -2.28. The zero-order chi connectivity index (χ0) is 14.8.